The molecule has 2 aromatic carbocycles. The number of carbonyl (C=O) groups is 4. The van der Waals surface area contributed by atoms with Crippen molar-refractivity contribution in [1.29, 1.82) is 0 Å². The van der Waals surface area contributed by atoms with Gasteiger partial charge in [-0.2, -0.15) is 0 Å². The van der Waals surface area contributed by atoms with E-state index in [9.17, 15) is 19.2 Å². The highest BCUT2D eigenvalue weighted by molar-refractivity contribution is 5.86. The third kappa shape index (κ3) is 13.4. The molecule has 0 aliphatic carbocycles. The summed E-state index contributed by atoms with van der Waals surface area (Å²) in [5, 5.41) is 5.59. The monoisotopic (exact) mass is 554 g/mol. The van der Waals surface area contributed by atoms with Crippen LogP contribution in [0.4, 0.5) is 0 Å². The van der Waals surface area contributed by atoms with E-state index in [-0.39, 0.29) is 26.0 Å². The maximum Gasteiger partial charge on any atom is 0.329 e. The van der Waals surface area contributed by atoms with E-state index in [0.29, 0.717) is 6.42 Å². The lowest BCUT2D eigenvalue weighted by Crippen LogP contribution is -2.50. The van der Waals surface area contributed by atoms with Crippen molar-refractivity contribution in [2.45, 2.75) is 90.7 Å². The van der Waals surface area contributed by atoms with E-state index in [2.05, 4.69) is 10.6 Å². The van der Waals surface area contributed by atoms with Crippen LogP contribution in [0.25, 0.3) is 0 Å². The van der Waals surface area contributed by atoms with Gasteiger partial charge >= 0.3 is 17.9 Å². The molecule has 2 N–H and O–H groups in total. The zero-order valence-electron chi connectivity index (χ0n) is 24.3. The van der Waals surface area contributed by atoms with Gasteiger partial charge in [-0.25, -0.2) is 4.79 Å². The summed E-state index contributed by atoms with van der Waals surface area (Å²) in [6, 6.07) is 16.7. The molecule has 0 radical (unpaired) electrons. The highest BCUT2D eigenvalue weighted by Gasteiger charge is 2.29. The molecule has 0 saturated heterocycles. The van der Waals surface area contributed by atoms with Crippen molar-refractivity contribution < 1.29 is 33.4 Å². The Hall–Kier alpha value is -3.72. The van der Waals surface area contributed by atoms with Crippen molar-refractivity contribution in [2.24, 2.45) is 0 Å². The van der Waals surface area contributed by atoms with Gasteiger partial charge in [0, 0.05) is 6.42 Å². The van der Waals surface area contributed by atoms with Gasteiger partial charge in [0.25, 0.3) is 0 Å². The summed E-state index contributed by atoms with van der Waals surface area (Å²) >= 11 is 0. The van der Waals surface area contributed by atoms with Crippen molar-refractivity contribution in [3.8, 4) is 0 Å². The Labute approximate surface area is 237 Å². The molecule has 0 fully saturated rings. The fraction of sp³-hybridized carbons (Fsp3) is 0.484. The maximum atomic E-state index is 12.9. The van der Waals surface area contributed by atoms with Crippen LogP contribution in [0.15, 0.2) is 60.7 Å². The van der Waals surface area contributed by atoms with Crippen LogP contribution in [0.2, 0.25) is 0 Å². The van der Waals surface area contributed by atoms with E-state index in [1.807, 2.05) is 60.7 Å². The van der Waals surface area contributed by atoms with Gasteiger partial charge in [-0.15, -0.1) is 0 Å². The summed E-state index contributed by atoms with van der Waals surface area (Å²) in [5.41, 5.74) is 0.247. The van der Waals surface area contributed by atoms with Gasteiger partial charge < -0.3 is 19.5 Å². The molecule has 1 amide bonds. The topological polar surface area (TPSA) is 120 Å². The number of rotatable bonds is 13. The molecule has 9 nitrogen and oxygen atoms in total. The first-order chi connectivity index (χ1) is 18.7. The largest absolute Gasteiger partial charge is 0.461 e. The molecule has 0 aliphatic heterocycles. The van der Waals surface area contributed by atoms with Gasteiger partial charge in [0.2, 0.25) is 5.91 Å². The zero-order valence-corrected chi connectivity index (χ0v) is 24.3. The first kappa shape index (κ1) is 32.5. The summed E-state index contributed by atoms with van der Waals surface area (Å²) in [7, 11) is 0. The molecule has 40 heavy (non-hydrogen) atoms. The first-order valence-corrected chi connectivity index (χ1v) is 13.4. The lowest BCUT2D eigenvalue weighted by atomic mass is 10.1. The molecule has 2 aromatic rings. The van der Waals surface area contributed by atoms with Crippen LogP contribution in [0.3, 0.4) is 0 Å². The van der Waals surface area contributed by atoms with E-state index in [1.165, 1.54) is 0 Å². The summed E-state index contributed by atoms with van der Waals surface area (Å²) in [5.74, 6) is -2.19. The molecule has 0 heterocycles. The van der Waals surface area contributed by atoms with Crippen LogP contribution in [0.1, 0.15) is 65.5 Å². The molecule has 0 spiro atoms. The Balaban J connectivity index is 2.01. The lowest BCUT2D eigenvalue weighted by molar-refractivity contribution is -0.160. The number of benzene rings is 2. The minimum atomic E-state index is -1.08. The van der Waals surface area contributed by atoms with E-state index in [1.54, 1.807) is 41.5 Å². The molecule has 0 aliphatic rings. The van der Waals surface area contributed by atoms with Crippen molar-refractivity contribution in [1.82, 2.24) is 10.6 Å². The number of esters is 3. The number of ether oxygens (including phenoxy) is 3. The number of amides is 1. The van der Waals surface area contributed by atoms with Gasteiger partial charge in [0.05, 0.1) is 6.54 Å². The van der Waals surface area contributed by atoms with E-state index >= 15 is 0 Å². The average molecular weight is 555 g/mol. The standard InChI is InChI=1S/C31H42N2O7/c1-30(2,3)39-28(36)24(17-18-27(35)38-21-23-15-11-8-12-16-23)33-26(34)20-32-25(29(37)40-31(4,5)6)19-22-13-9-7-10-14-22/h7-16,24-25,32H,17-21H2,1-6H3,(H,33,34). The second kappa shape index (κ2) is 15.2. The minimum Gasteiger partial charge on any atom is -0.461 e. The summed E-state index contributed by atoms with van der Waals surface area (Å²) in [4.78, 5) is 50.9. The summed E-state index contributed by atoms with van der Waals surface area (Å²) in [6.07, 6.45) is 0.207. The summed E-state index contributed by atoms with van der Waals surface area (Å²) in [6.45, 7) is 10.3. The Kier molecular flexibility index (Phi) is 12.3. The van der Waals surface area contributed by atoms with Crippen molar-refractivity contribution in [2.75, 3.05) is 6.54 Å². The van der Waals surface area contributed by atoms with E-state index < -0.39 is 47.1 Å². The number of hydrogen-bond donors (Lipinski definition) is 2. The molecule has 2 rings (SSSR count). The first-order valence-electron chi connectivity index (χ1n) is 13.4. The van der Waals surface area contributed by atoms with Crippen LogP contribution in [0.5, 0.6) is 0 Å². The van der Waals surface area contributed by atoms with Gasteiger partial charge in [0.15, 0.2) is 0 Å². The molecule has 2 unspecified atom stereocenters. The van der Waals surface area contributed by atoms with Crippen molar-refractivity contribution in [3.05, 3.63) is 71.8 Å². The number of carbonyl (C=O) groups excluding carboxylic acids is 4. The van der Waals surface area contributed by atoms with Gasteiger partial charge in [0.1, 0.15) is 29.9 Å². The van der Waals surface area contributed by atoms with Gasteiger partial charge in [-0.05, 0) is 65.5 Å². The molecule has 0 bridgehead atoms. The van der Waals surface area contributed by atoms with Crippen LogP contribution in [0, 0.1) is 0 Å². The average Bonchev–Trinajstić information content (AvgIpc) is 2.86. The predicted molar refractivity (Wildman–Crippen MR) is 151 cm³/mol. The smallest absolute Gasteiger partial charge is 0.329 e. The van der Waals surface area contributed by atoms with E-state index in [0.717, 1.165) is 11.1 Å². The van der Waals surface area contributed by atoms with E-state index in [4.69, 9.17) is 14.2 Å². The lowest BCUT2D eigenvalue weighted by Gasteiger charge is -2.26. The van der Waals surface area contributed by atoms with Gasteiger partial charge in [-0.3, -0.25) is 19.7 Å². The van der Waals surface area contributed by atoms with Crippen LogP contribution >= 0.6 is 0 Å². The Morgan fingerprint density at radius 3 is 1.75 bits per heavy atom. The Morgan fingerprint density at radius 2 is 1.23 bits per heavy atom. The van der Waals surface area contributed by atoms with Gasteiger partial charge in [-0.1, -0.05) is 60.7 Å². The van der Waals surface area contributed by atoms with Crippen LogP contribution in [-0.2, 0) is 46.4 Å². The molecular formula is C31H42N2O7. The number of nitrogens with one attached hydrogen (secondary N) is 2. The Bertz CT molecular complexity index is 1110. The molecular weight excluding hydrogens is 512 g/mol. The second-order valence-corrected chi connectivity index (χ2v) is 11.5. The Morgan fingerprint density at radius 1 is 0.725 bits per heavy atom. The molecule has 0 saturated carbocycles. The van der Waals surface area contributed by atoms with Crippen molar-refractivity contribution in [3.63, 3.8) is 0 Å². The molecule has 0 aromatic heterocycles. The molecule has 218 valence electrons. The third-order valence-electron chi connectivity index (χ3n) is 5.39. The fourth-order valence-electron chi connectivity index (χ4n) is 3.62. The minimum absolute atomic E-state index is 0.00616. The summed E-state index contributed by atoms with van der Waals surface area (Å²) < 4.78 is 16.3. The predicted octanol–water partition coefficient (Wildman–Crippen LogP) is 3.88. The quantitative estimate of drug-likeness (QED) is 0.283. The van der Waals surface area contributed by atoms with Crippen LogP contribution in [-0.4, -0.2) is 53.6 Å². The highest BCUT2D eigenvalue weighted by atomic mass is 16.6. The number of hydrogen-bond acceptors (Lipinski definition) is 8. The van der Waals surface area contributed by atoms with Crippen molar-refractivity contribution >= 4 is 23.8 Å². The SMILES string of the molecule is CC(C)(C)OC(=O)C(Cc1ccccc1)NCC(=O)NC(CCC(=O)OCc1ccccc1)C(=O)OC(C)(C)C. The molecule has 9 heteroatoms. The third-order valence-corrected chi connectivity index (χ3v) is 5.39. The second-order valence-electron chi connectivity index (χ2n) is 11.5. The fourth-order valence-corrected chi connectivity index (χ4v) is 3.62. The molecule has 2 atom stereocenters. The highest BCUT2D eigenvalue weighted by Crippen LogP contribution is 2.13. The maximum absolute atomic E-state index is 12.9. The van der Waals surface area contributed by atoms with Crippen LogP contribution < -0.4 is 10.6 Å². The normalized spacial score (nSPS) is 13.1. The zero-order chi connectivity index (χ0) is 29.8.